The minimum Gasteiger partial charge on any atom is -0.465 e. The van der Waals surface area contributed by atoms with E-state index in [-0.39, 0.29) is 18.7 Å². The number of fused-ring (bicyclic) bond motifs is 3. The molecule has 0 saturated carbocycles. The van der Waals surface area contributed by atoms with Crippen molar-refractivity contribution in [2.75, 3.05) is 13.1 Å². The molecule has 1 aromatic heterocycles. The highest BCUT2D eigenvalue weighted by molar-refractivity contribution is 6.07. The molecule has 0 fully saturated rings. The van der Waals surface area contributed by atoms with Crippen LogP contribution in [-0.2, 0) is 12.8 Å². The van der Waals surface area contributed by atoms with E-state index in [1.165, 1.54) is 11.0 Å². The Balaban J connectivity index is 2.14. The Morgan fingerprint density at radius 3 is 2.76 bits per heavy atom. The number of nitrogens with zero attached hydrogens (tertiary/aromatic N) is 1. The number of hydrogen-bond donors (Lipinski definition) is 1. The van der Waals surface area contributed by atoms with Gasteiger partial charge in [-0.05, 0) is 30.9 Å². The van der Waals surface area contributed by atoms with E-state index in [0.717, 1.165) is 10.9 Å². The largest absolute Gasteiger partial charge is 0.465 e. The van der Waals surface area contributed by atoms with Crippen molar-refractivity contribution in [1.82, 2.24) is 4.90 Å². The maximum atomic E-state index is 12.5. The third kappa shape index (κ3) is 3.20. The lowest BCUT2D eigenvalue weighted by Crippen LogP contribution is -2.35. The van der Waals surface area contributed by atoms with Gasteiger partial charge in [-0.3, -0.25) is 4.79 Å². The van der Waals surface area contributed by atoms with Gasteiger partial charge in [-0.1, -0.05) is 18.2 Å². The number of benzene rings is 1. The molecular weight excluding hydrogens is 322 g/mol. The first-order valence-electron chi connectivity index (χ1n) is 8.22. The van der Waals surface area contributed by atoms with Crippen LogP contribution in [0.25, 0.3) is 11.0 Å². The molecule has 0 atom stereocenters. The van der Waals surface area contributed by atoms with E-state index in [9.17, 15) is 19.5 Å². The third-order valence-corrected chi connectivity index (χ3v) is 4.53. The topological polar surface area (TPSA) is 87.8 Å². The highest BCUT2D eigenvalue weighted by Gasteiger charge is 2.22. The van der Waals surface area contributed by atoms with E-state index in [1.807, 2.05) is 6.07 Å². The second kappa shape index (κ2) is 6.93. The van der Waals surface area contributed by atoms with E-state index in [4.69, 9.17) is 4.42 Å². The van der Waals surface area contributed by atoms with E-state index in [2.05, 4.69) is 6.58 Å². The quantitative estimate of drug-likeness (QED) is 0.527. The minimum absolute atomic E-state index is 0.147. The van der Waals surface area contributed by atoms with Crippen molar-refractivity contribution in [3.8, 4) is 0 Å². The minimum atomic E-state index is -0.981. The van der Waals surface area contributed by atoms with Gasteiger partial charge in [0.1, 0.15) is 5.58 Å². The normalized spacial score (nSPS) is 14.5. The molecule has 25 heavy (non-hydrogen) atoms. The third-order valence-electron chi connectivity index (χ3n) is 4.53. The number of allylic oxidation sites excluding steroid dienone is 1. The number of rotatable bonds is 3. The predicted molar refractivity (Wildman–Crippen MR) is 93.3 cm³/mol. The number of hydrogen-bond acceptors (Lipinski definition) is 4. The van der Waals surface area contributed by atoms with Crippen LogP contribution in [0.1, 0.15) is 34.3 Å². The summed E-state index contributed by atoms with van der Waals surface area (Å²) in [6.45, 7) is 4.25. The lowest BCUT2D eigenvalue weighted by molar-refractivity contribution is 0.0996. The van der Waals surface area contributed by atoms with Gasteiger partial charge in [-0.25, -0.2) is 9.59 Å². The number of carbonyl (C=O) groups is 2. The van der Waals surface area contributed by atoms with Crippen LogP contribution < -0.4 is 5.63 Å². The number of amides is 1. The molecule has 0 spiro atoms. The number of ketones is 1. The molecule has 0 unspecified atom stereocenters. The summed E-state index contributed by atoms with van der Waals surface area (Å²) in [5.74, 6) is -0.147. The molecule has 1 aromatic carbocycles. The summed E-state index contributed by atoms with van der Waals surface area (Å²) in [5.41, 5.74) is 1.57. The number of aryl methyl sites for hydroxylation is 1. The van der Waals surface area contributed by atoms with Crippen molar-refractivity contribution >= 4 is 22.8 Å². The molecule has 1 aliphatic rings. The lowest BCUT2D eigenvalue weighted by atomic mass is 9.94. The standard InChI is InChI=1S/C19H19NO5/c1-2-5-16(21)15-7-3-6-13-12-8-4-10-20(19(23)24)11-9-14(12)18(22)25-17(13)15/h2-3,6-7H,1,4-5,8-11H2,(H,23,24). The summed E-state index contributed by atoms with van der Waals surface area (Å²) in [5, 5.41) is 9.93. The van der Waals surface area contributed by atoms with E-state index in [1.54, 1.807) is 12.1 Å². The van der Waals surface area contributed by atoms with Gasteiger partial charge >= 0.3 is 11.7 Å². The highest BCUT2D eigenvalue weighted by atomic mass is 16.4. The predicted octanol–water partition coefficient (Wildman–Crippen LogP) is 3.02. The van der Waals surface area contributed by atoms with Crippen LogP contribution in [0.15, 0.2) is 40.1 Å². The first kappa shape index (κ1) is 17.0. The molecule has 0 bridgehead atoms. The molecule has 3 rings (SSSR count). The number of Topliss-reactive ketones (excluding diaryl/α,β-unsaturated/α-hetero) is 1. The van der Waals surface area contributed by atoms with Crippen molar-refractivity contribution in [3.05, 3.63) is 58.0 Å². The Morgan fingerprint density at radius 1 is 1.24 bits per heavy atom. The summed E-state index contributed by atoms with van der Waals surface area (Å²) >= 11 is 0. The first-order valence-corrected chi connectivity index (χ1v) is 8.22. The van der Waals surface area contributed by atoms with Crippen molar-refractivity contribution < 1.29 is 19.1 Å². The average molecular weight is 341 g/mol. The number of para-hydroxylation sites is 1. The fraction of sp³-hybridized carbons (Fsp3) is 0.316. The lowest BCUT2D eigenvalue weighted by Gasteiger charge is -2.23. The zero-order chi connectivity index (χ0) is 18.0. The molecule has 6 heteroatoms. The van der Waals surface area contributed by atoms with Crippen molar-refractivity contribution in [3.63, 3.8) is 0 Å². The maximum absolute atomic E-state index is 12.5. The molecule has 0 aliphatic carbocycles. The van der Waals surface area contributed by atoms with Crippen LogP contribution in [-0.4, -0.2) is 35.0 Å². The number of carboxylic acid groups (broad SMARTS) is 1. The van der Waals surface area contributed by atoms with Gasteiger partial charge < -0.3 is 14.4 Å². The van der Waals surface area contributed by atoms with Gasteiger partial charge in [0, 0.05) is 30.5 Å². The van der Waals surface area contributed by atoms with Crippen LogP contribution in [0.3, 0.4) is 0 Å². The van der Waals surface area contributed by atoms with Gasteiger partial charge in [0.2, 0.25) is 0 Å². The zero-order valence-corrected chi connectivity index (χ0v) is 13.8. The summed E-state index contributed by atoms with van der Waals surface area (Å²) < 4.78 is 5.47. The molecule has 0 radical (unpaired) electrons. The molecule has 1 N–H and O–H groups in total. The molecule has 1 amide bonds. The van der Waals surface area contributed by atoms with Crippen LogP contribution in [0.5, 0.6) is 0 Å². The second-order valence-corrected chi connectivity index (χ2v) is 6.07. The smallest absolute Gasteiger partial charge is 0.407 e. The fourth-order valence-electron chi connectivity index (χ4n) is 3.32. The molecular formula is C19H19NO5. The van der Waals surface area contributed by atoms with Gasteiger partial charge in [0.05, 0.1) is 5.56 Å². The van der Waals surface area contributed by atoms with E-state index >= 15 is 0 Å². The van der Waals surface area contributed by atoms with Crippen molar-refractivity contribution in [1.29, 1.82) is 0 Å². The molecule has 2 heterocycles. The van der Waals surface area contributed by atoms with E-state index in [0.29, 0.717) is 42.5 Å². The van der Waals surface area contributed by atoms with Crippen LogP contribution in [0.2, 0.25) is 0 Å². The second-order valence-electron chi connectivity index (χ2n) is 6.07. The zero-order valence-electron chi connectivity index (χ0n) is 13.8. The van der Waals surface area contributed by atoms with Crippen LogP contribution >= 0.6 is 0 Å². The monoisotopic (exact) mass is 341 g/mol. The van der Waals surface area contributed by atoms with Gasteiger partial charge in [-0.2, -0.15) is 0 Å². The summed E-state index contributed by atoms with van der Waals surface area (Å²) in [7, 11) is 0. The molecule has 130 valence electrons. The van der Waals surface area contributed by atoms with Crippen LogP contribution in [0.4, 0.5) is 4.79 Å². The fourth-order valence-corrected chi connectivity index (χ4v) is 3.32. The Morgan fingerprint density at radius 2 is 2.04 bits per heavy atom. The van der Waals surface area contributed by atoms with Gasteiger partial charge in [-0.15, -0.1) is 6.58 Å². The molecule has 6 nitrogen and oxygen atoms in total. The molecule has 1 aliphatic heterocycles. The maximum Gasteiger partial charge on any atom is 0.407 e. The van der Waals surface area contributed by atoms with E-state index < -0.39 is 11.7 Å². The SMILES string of the molecule is C=CCC(=O)c1cccc2c3c(c(=O)oc12)CCN(C(=O)O)CCC3. The van der Waals surface area contributed by atoms with Crippen molar-refractivity contribution in [2.45, 2.75) is 25.7 Å². The van der Waals surface area contributed by atoms with Crippen molar-refractivity contribution in [2.24, 2.45) is 0 Å². The van der Waals surface area contributed by atoms with Crippen LogP contribution in [0, 0.1) is 0 Å². The number of carbonyl (C=O) groups excluding carboxylic acids is 1. The Kier molecular flexibility index (Phi) is 4.70. The summed E-state index contributed by atoms with van der Waals surface area (Å²) in [4.78, 5) is 37.3. The van der Waals surface area contributed by atoms with Gasteiger partial charge in [0.25, 0.3) is 0 Å². The average Bonchev–Trinajstić information content (AvgIpc) is 2.54. The highest BCUT2D eigenvalue weighted by Crippen LogP contribution is 2.27. The Labute approximate surface area is 144 Å². The Bertz CT molecular complexity index is 912. The Hall–Kier alpha value is -2.89. The molecule has 0 saturated heterocycles. The molecule has 2 aromatic rings. The summed E-state index contributed by atoms with van der Waals surface area (Å²) in [6, 6.07) is 5.28. The summed E-state index contributed by atoms with van der Waals surface area (Å²) in [6.07, 6.45) is 2.21. The van der Waals surface area contributed by atoms with Gasteiger partial charge in [0.15, 0.2) is 5.78 Å². The first-order chi connectivity index (χ1) is 12.0.